The number of carbonyl (C=O) groups excluding carboxylic acids is 1. The minimum absolute atomic E-state index is 0.209. The summed E-state index contributed by atoms with van der Waals surface area (Å²) in [5.74, 6) is -0.231. The lowest BCUT2D eigenvalue weighted by Gasteiger charge is -2.11. The van der Waals surface area contributed by atoms with E-state index in [4.69, 9.17) is 4.74 Å². The number of ether oxygens (including phenoxy) is 1. The number of anilines is 1. The molecule has 2 aromatic heterocycles. The van der Waals surface area contributed by atoms with E-state index in [0.29, 0.717) is 11.4 Å². The molecular formula is C18H15F3N4O2. The number of benzene rings is 1. The Hall–Kier alpha value is -3.36. The zero-order valence-corrected chi connectivity index (χ0v) is 14.4. The first-order valence-electron chi connectivity index (χ1n) is 7.84. The molecule has 0 aliphatic heterocycles. The van der Waals surface area contributed by atoms with Gasteiger partial charge in [-0.25, -0.2) is 9.67 Å². The van der Waals surface area contributed by atoms with E-state index in [2.05, 4.69) is 15.4 Å². The van der Waals surface area contributed by atoms with Crippen molar-refractivity contribution in [2.45, 2.75) is 13.1 Å². The molecule has 0 saturated carbocycles. The molecule has 2 heterocycles. The number of nitrogens with zero attached hydrogens (tertiary/aromatic N) is 3. The number of amides is 1. The number of carbonyl (C=O) groups is 1. The van der Waals surface area contributed by atoms with Crippen LogP contribution in [-0.2, 0) is 6.18 Å². The van der Waals surface area contributed by atoms with Crippen molar-refractivity contribution >= 4 is 11.6 Å². The fraction of sp³-hybridized carbons (Fsp3) is 0.167. The molecule has 9 heteroatoms. The van der Waals surface area contributed by atoms with Crippen molar-refractivity contribution in [1.82, 2.24) is 14.8 Å². The summed E-state index contributed by atoms with van der Waals surface area (Å²) in [5.41, 5.74) is 0.408. The maximum absolute atomic E-state index is 12.9. The smallest absolute Gasteiger partial charge is 0.416 e. The highest BCUT2D eigenvalue weighted by Gasteiger charge is 2.30. The molecule has 0 bridgehead atoms. The minimum Gasteiger partial charge on any atom is -0.480 e. The van der Waals surface area contributed by atoms with Crippen molar-refractivity contribution in [3.63, 3.8) is 0 Å². The van der Waals surface area contributed by atoms with Crippen LogP contribution in [0, 0.1) is 6.92 Å². The zero-order chi connectivity index (χ0) is 19.6. The van der Waals surface area contributed by atoms with Gasteiger partial charge in [-0.1, -0.05) is 6.07 Å². The summed E-state index contributed by atoms with van der Waals surface area (Å²) in [4.78, 5) is 16.5. The maximum Gasteiger partial charge on any atom is 0.416 e. The van der Waals surface area contributed by atoms with Crippen LogP contribution in [0.15, 0.2) is 48.8 Å². The molecule has 1 aromatic carbocycles. The maximum atomic E-state index is 12.9. The Labute approximate surface area is 152 Å². The molecule has 0 aliphatic rings. The van der Waals surface area contributed by atoms with Gasteiger partial charge >= 0.3 is 6.18 Å². The van der Waals surface area contributed by atoms with Gasteiger partial charge in [-0.05, 0) is 37.3 Å². The van der Waals surface area contributed by atoms with E-state index in [1.54, 1.807) is 19.1 Å². The molecule has 0 radical (unpaired) electrons. The van der Waals surface area contributed by atoms with Crippen molar-refractivity contribution < 1.29 is 22.7 Å². The fourth-order valence-corrected chi connectivity index (χ4v) is 2.55. The predicted octanol–water partition coefficient (Wildman–Crippen LogP) is 3.86. The average Bonchev–Trinajstić information content (AvgIpc) is 3.03. The number of methoxy groups -OCH3 is 1. The van der Waals surface area contributed by atoms with E-state index < -0.39 is 17.6 Å². The highest BCUT2D eigenvalue weighted by Crippen LogP contribution is 2.30. The lowest BCUT2D eigenvalue weighted by Crippen LogP contribution is -2.14. The molecule has 0 atom stereocenters. The molecule has 3 aromatic rings. The molecular weight excluding hydrogens is 361 g/mol. The second-order valence-electron chi connectivity index (χ2n) is 5.62. The molecule has 0 spiro atoms. The largest absolute Gasteiger partial charge is 0.480 e. The van der Waals surface area contributed by atoms with Gasteiger partial charge in [0.05, 0.1) is 35.8 Å². The Morgan fingerprint density at radius 1 is 1.22 bits per heavy atom. The standard InChI is InChI=1S/C18H15F3N4O2/c1-11-14(16(26)24-15-7-4-8-22-17(15)27-2)10-23-25(11)13-6-3-5-12(9-13)18(19,20)21/h3-10H,1-2H3,(H,24,26). The third-order valence-electron chi connectivity index (χ3n) is 3.89. The lowest BCUT2D eigenvalue weighted by molar-refractivity contribution is -0.137. The van der Waals surface area contributed by atoms with Crippen LogP contribution in [-0.4, -0.2) is 27.8 Å². The SMILES string of the molecule is COc1ncccc1NC(=O)c1cnn(-c2cccc(C(F)(F)F)c2)c1C. The van der Waals surface area contributed by atoms with Gasteiger partial charge in [0.1, 0.15) is 5.69 Å². The number of nitrogens with one attached hydrogen (secondary N) is 1. The Morgan fingerprint density at radius 3 is 2.70 bits per heavy atom. The van der Waals surface area contributed by atoms with Gasteiger partial charge in [0.2, 0.25) is 5.88 Å². The summed E-state index contributed by atoms with van der Waals surface area (Å²) in [6, 6.07) is 7.99. The monoisotopic (exact) mass is 376 g/mol. The zero-order valence-electron chi connectivity index (χ0n) is 14.4. The molecule has 6 nitrogen and oxygen atoms in total. The number of hydrogen-bond acceptors (Lipinski definition) is 4. The molecule has 0 saturated heterocycles. The quantitative estimate of drug-likeness (QED) is 0.751. The van der Waals surface area contributed by atoms with Gasteiger partial charge in [0.25, 0.3) is 5.91 Å². The number of alkyl halides is 3. The van der Waals surface area contributed by atoms with Crippen LogP contribution in [0.4, 0.5) is 18.9 Å². The van der Waals surface area contributed by atoms with Crippen LogP contribution < -0.4 is 10.1 Å². The normalized spacial score (nSPS) is 11.3. The van der Waals surface area contributed by atoms with E-state index in [9.17, 15) is 18.0 Å². The Morgan fingerprint density at radius 2 is 2.00 bits per heavy atom. The molecule has 0 aliphatic carbocycles. The number of rotatable bonds is 4. The van der Waals surface area contributed by atoms with Crippen LogP contribution in [0.25, 0.3) is 5.69 Å². The van der Waals surface area contributed by atoms with Crippen LogP contribution in [0.3, 0.4) is 0 Å². The van der Waals surface area contributed by atoms with Gasteiger partial charge in [-0.15, -0.1) is 0 Å². The van der Waals surface area contributed by atoms with E-state index in [1.807, 2.05) is 0 Å². The van der Waals surface area contributed by atoms with E-state index in [-0.39, 0.29) is 17.1 Å². The molecule has 27 heavy (non-hydrogen) atoms. The summed E-state index contributed by atoms with van der Waals surface area (Å²) in [7, 11) is 1.43. The first kappa shape index (κ1) is 18.4. The number of halogens is 3. The van der Waals surface area contributed by atoms with Gasteiger partial charge in [-0.3, -0.25) is 4.79 Å². The molecule has 1 amide bonds. The van der Waals surface area contributed by atoms with Crippen molar-refractivity contribution in [1.29, 1.82) is 0 Å². The first-order chi connectivity index (χ1) is 12.8. The van der Waals surface area contributed by atoms with Crippen LogP contribution >= 0.6 is 0 Å². The van der Waals surface area contributed by atoms with Crippen molar-refractivity contribution in [2.24, 2.45) is 0 Å². The number of aromatic nitrogens is 3. The third kappa shape index (κ3) is 3.76. The molecule has 140 valence electrons. The van der Waals surface area contributed by atoms with Crippen molar-refractivity contribution in [2.75, 3.05) is 12.4 Å². The summed E-state index contributed by atoms with van der Waals surface area (Å²) >= 11 is 0. The summed E-state index contributed by atoms with van der Waals surface area (Å²) < 4.78 is 45.1. The molecule has 0 unspecified atom stereocenters. The van der Waals surface area contributed by atoms with Gasteiger partial charge in [0, 0.05) is 6.20 Å². The second kappa shape index (κ2) is 7.10. The average molecular weight is 376 g/mol. The first-order valence-corrected chi connectivity index (χ1v) is 7.84. The molecule has 1 N–H and O–H groups in total. The summed E-state index contributed by atoms with van der Waals surface area (Å²) in [6.07, 6.45) is -1.65. The molecule has 0 fully saturated rings. The fourth-order valence-electron chi connectivity index (χ4n) is 2.55. The highest BCUT2D eigenvalue weighted by molar-refractivity contribution is 6.05. The number of hydrogen-bond donors (Lipinski definition) is 1. The predicted molar refractivity (Wildman–Crippen MR) is 92.0 cm³/mol. The number of pyridine rings is 1. The van der Waals surface area contributed by atoms with Gasteiger partial charge in [-0.2, -0.15) is 18.3 Å². The van der Waals surface area contributed by atoms with Crippen LogP contribution in [0.2, 0.25) is 0 Å². The van der Waals surface area contributed by atoms with Crippen molar-refractivity contribution in [3.8, 4) is 11.6 Å². The summed E-state index contributed by atoms with van der Waals surface area (Å²) in [6.45, 7) is 1.60. The van der Waals surface area contributed by atoms with Gasteiger partial charge < -0.3 is 10.1 Å². The Bertz CT molecular complexity index is 983. The Kier molecular flexibility index (Phi) is 4.85. The second-order valence-corrected chi connectivity index (χ2v) is 5.62. The van der Waals surface area contributed by atoms with Gasteiger partial charge in [0.15, 0.2) is 0 Å². The van der Waals surface area contributed by atoms with E-state index in [0.717, 1.165) is 12.1 Å². The molecule has 3 rings (SSSR count). The Balaban J connectivity index is 1.90. The van der Waals surface area contributed by atoms with Crippen molar-refractivity contribution in [3.05, 3.63) is 65.6 Å². The van der Waals surface area contributed by atoms with Crippen LogP contribution in [0.5, 0.6) is 5.88 Å². The van der Waals surface area contributed by atoms with E-state index in [1.165, 1.54) is 36.3 Å². The lowest BCUT2D eigenvalue weighted by atomic mass is 10.2. The summed E-state index contributed by atoms with van der Waals surface area (Å²) in [5, 5.41) is 6.72. The van der Waals surface area contributed by atoms with Crippen LogP contribution in [0.1, 0.15) is 21.6 Å². The van der Waals surface area contributed by atoms with E-state index >= 15 is 0 Å². The minimum atomic E-state index is -4.46. The third-order valence-corrected chi connectivity index (χ3v) is 3.89. The highest BCUT2D eigenvalue weighted by atomic mass is 19.4. The topological polar surface area (TPSA) is 69.0 Å².